The first kappa shape index (κ1) is 31.5. The van der Waals surface area contributed by atoms with Gasteiger partial charge >= 0.3 is 0 Å². The minimum atomic E-state index is -4.12. The molecule has 0 aliphatic heterocycles. The van der Waals surface area contributed by atoms with Crippen molar-refractivity contribution in [3.8, 4) is 0 Å². The van der Waals surface area contributed by atoms with E-state index in [0.717, 1.165) is 26.6 Å². The fourth-order valence-electron chi connectivity index (χ4n) is 4.84. The van der Waals surface area contributed by atoms with Crippen molar-refractivity contribution in [1.29, 1.82) is 0 Å². The Morgan fingerprint density at radius 1 is 0.744 bits per heavy atom. The Labute approximate surface area is 255 Å². The number of carbonyl (C=O) groups excluding carboxylic acids is 2. The molecule has 7 nitrogen and oxygen atoms in total. The summed E-state index contributed by atoms with van der Waals surface area (Å²) in [5.41, 5.74) is 4.00. The van der Waals surface area contributed by atoms with Gasteiger partial charge in [0.2, 0.25) is 11.8 Å². The zero-order valence-electron chi connectivity index (χ0n) is 25.1. The summed E-state index contributed by atoms with van der Waals surface area (Å²) in [4.78, 5) is 29.7. The van der Waals surface area contributed by atoms with Gasteiger partial charge in [0, 0.05) is 19.0 Å². The highest BCUT2D eigenvalue weighted by Gasteiger charge is 2.34. The Kier molecular flexibility index (Phi) is 10.4. The van der Waals surface area contributed by atoms with Crippen molar-refractivity contribution >= 4 is 27.5 Å². The van der Waals surface area contributed by atoms with E-state index in [9.17, 15) is 18.0 Å². The predicted octanol–water partition coefficient (Wildman–Crippen LogP) is 5.66. The summed E-state index contributed by atoms with van der Waals surface area (Å²) in [6.07, 6.45) is 0.271. The van der Waals surface area contributed by atoms with E-state index in [0.29, 0.717) is 5.69 Å². The van der Waals surface area contributed by atoms with Crippen LogP contribution in [0.4, 0.5) is 5.69 Å². The monoisotopic (exact) mass is 597 g/mol. The van der Waals surface area contributed by atoms with Crippen LogP contribution in [0.25, 0.3) is 0 Å². The SMILES string of the molecule is Cc1ccc(N(CC(=O)N(Cc2ccccc2)[C@H](Cc2ccccc2)C(=O)NC(C)C)S(=O)(=O)c2ccccc2)cc1C. The highest BCUT2D eigenvalue weighted by Crippen LogP contribution is 2.27. The van der Waals surface area contributed by atoms with Crippen molar-refractivity contribution in [2.45, 2.75) is 57.6 Å². The standard InChI is InChI=1S/C35H39N3O4S/c1-26(2)36-35(40)33(23-29-14-8-5-9-15-29)37(24-30-16-10-6-11-17-30)34(39)25-38(31-21-20-27(3)28(4)22-31)43(41,42)32-18-12-7-13-19-32/h5-22,26,33H,23-25H2,1-4H3,(H,36,40)/t33-/m1/s1. The van der Waals surface area contributed by atoms with E-state index < -0.39 is 28.5 Å². The topological polar surface area (TPSA) is 86.8 Å². The number of nitrogens with zero attached hydrogens (tertiary/aromatic N) is 2. The average molecular weight is 598 g/mol. The molecule has 0 aliphatic rings. The van der Waals surface area contributed by atoms with Gasteiger partial charge in [-0.15, -0.1) is 0 Å². The first-order valence-electron chi connectivity index (χ1n) is 14.4. The van der Waals surface area contributed by atoms with E-state index in [1.165, 1.54) is 17.0 Å². The molecule has 0 fully saturated rings. The number of hydrogen-bond acceptors (Lipinski definition) is 4. The second-order valence-electron chi connectivity index (χ2n) is 11.0. The summed E-state index contributed by atoms with van der Waals surface area (Å²) < 4.78 is 29.3. The van der Waals surface area contributed by atoms with Gasteiger partial charge in [-0.25, -0.2) is 8.42 Å². The summed E-state index contributed by atoms with van der Waals surface area (Å²) >= 11 is 0. The molecule has 1 atom stereocenters. The molecule has 0 aromatic heterocycles. The normalized spacial score (nSPS) is 12.0. The van der Waals surface area contributed by atoms with Gasteiger partial charge in [-0.2, -0.15) is 0 Å². The molecule has 4 aromatic carbocycles. The molecule has 0 heterocycles. The molecule has 43 heavy (non-hydrogen) atoms. The van der Waals surface area contributed by atoms with E-state index >= 15 is 0 Å². The molecule has 4 rings (SSSR count). The molecule has 224 valence electrons. The summed E-state index contributed by atoms with van der Waals surface area (Å²) in [5.74, 6) is -0.784. The van der Waals surface area contributed by atoms with Crippen LogP contribution in [-0.4, -0.2) is 43.8 Å². The van der Waals surface area contributed by atoms with Crippen molar-refractivity contribution in [2.24, 2.45) is 0 Å². The number of benzene rings is 4. The molecule has 0 saturated carbocycles. The highest BCUT2D eigenvalue weighted by molar-refractivity contribution is 7.92. The van der Waals surface area contributed by atoms with Gasteiger partial charge in [-0.05, 0) is 74.2 Å². The number of nitrogens with one attached hydrogen (secondary N) is 1. The first-order valence-corrected chi connectivity index (χ1v) is 15.8. The molecule has 1 N–H and O–H groups in total. The fourth-order valence-corrected chi connectivity index (χ4v) is 6.27. The molecule has 0 radical (unpaired) electrons. The van der Waals surface area contributed by atoms with Crippen molar-refractivity contribution < 1.29 is 18.0 Å². The maximum Gasteiger partial charge on any atom is 0.264 e. The quantitative estimate of drug-likeness (QED) is 0.228. The maximum atomic E-state index is 14.4. The lowest BCUT2D eigenvalue weighted by atomic mass is 10.0. The zero-order chi connectivity index (χ0) is 31.0. The molecule has 0 aliphatic carbocycles. The molecule has 2 amide bonds. The Balaban J connectivity index is 1.80. The molecule has 0 bridgehead atoms. The summed E-state index contributed by atoms with van der Waals surface area (Å²) in [6.45, 7) is 7.25. The molecule has 0 saturated heterocycles. The van der Waals surface area contributed by atoms with Crippen LogP contribution < -0.4 is 9.62 Å². The maximum absolute atomic E-state index is 14.4. The van der Waals surface area contributed by atoms with Crippen LogP contribution in [0.2, 0.25) is 0 Å². The number of aryl methyl sites for hydroxylation is 2. The number of carbonyl (C=O) groups is 2. The van der Waals surface area contributed by atoms with Crippen LogP contribution in [0.5, 0.6) is 0 Å². The first-order chi connectivity index (χ1) is 20.6. The van der Waals surface area contributed by atoms with Gasteiger partial charge in [0.05, 0.1) is 10.6 Å². The van der Waals surface area contributed by atoms with Crippen molar-refractivity contribution in [3.05, 3.63) is 131 Å². The van der Waals surface area contributed by atoms with Gasteiger partial charge in [-0.1, -0.05) is 84.9 Å². The summed E-state index contributed by atoms with van der Waals surface area (Å²) in [6, 6.07) is 31.3. The lowest BCUT2D eigenvalue weighted by Crippen LogP contribution is -2.54. The van der Waals surface area contributed by atoms with Crippen molar-refractivity contribution in [3.63, 3.8) is 0 Å². The van der Waals surface area contributed by atoms with E-state index in [2.05, 4.69) is 5.32 Å². The van der Waals surface area contributed by atoms with Gasteiger partial charge < -0.3 is 10.2 Å². The molecular formula is C35H39N3O4S. The van der Waals surface area contributed by atoms with Gasteiger partial charge in [0.25, 0.3) is 10.0 Å². The van der Waals surface area contributed by atoms with Gasteiger partial charge in [0.1, 0.15) is 12.6 Å². The fraction of sp³-hybridized carbons (Fsp3) is 0.257. The minimum Gasteiger partial charge on any atom is -0.352 e. The summed E-state index contributed by atoms with van der Waals surface area (Å²) in [7, 11) is -4.12. The predicted molar refractivity (Wildman–Crippen MR) is 171 cm³/mol. The Morgan fingerprint density at radius 3 is 1.86 bits per heavy atom. The molecule has 0 unspecified atom stereocenters. The van der Waals surface area contributed by atoms with Gasteiger partial charge in [-0.3, -0.25) is 13.9 Å². The smallest absolute Gasteiger partial charge is 0.264 e. The molecule has 4 aromatic rings. The van der Waals surface area contributed by atoms with Crippen LogP contribution in [0, 0.1) is 13.8 Å². The number of hydrogen-bond donors (Lipinski definition) is 1. The van der Waals surface area contributed by atoms with E-state index in [4.69, 9.17) is 0 Å². The third-order valence-corrected chi connectivity index (χ3v) is 9.07. The molecule has 0 spiro atoms. The number of rotatable bonds is 12. The van der Waals surface area contributed by atoms with E-state index in [1.807, 2.05) is 94.4 Å². The minimum absolute atomic E-state index is 0.0778. The lowest BCUT2D eigenvalue weighted by Gasteiger charge is -2.34. The number of sulfonamides is 1. The zero-order valence-corrected chi connectivity index (χ0v) is 25.9. The average Bonchev–Trinajstić information content (AvgIpc) is 3.00. The lowest BCUT2D eigenvalue weighted by molar-refractivity contribution is -0.140. The second kappa shape index (κ2) is 14.2. The number of amides is 2. The van der Waals surface area contributed by atoms with Crippen LogP contribution in [-0.2, 0) is 32.6 Å². The molecule has 8 heteroatoms. The second-order valence-corrected chi connectivity index (χ2v) is 12.8. The highest BCUT2D eigenvalue weighted by atomic mass is 32.2. The van der Waals surface area contributed by atoms with Crippen molar-refractivity contribution in [1.82, 2.24) is 10.2 Å². The Hall–Kier alpha value is -4.43. The third kappa shape index (κ3) is 8.11. The van der Waals surface area contributed by atoms with E-state index in [1.54, 1.807) is 30.3 Å². The number of anilines is 1. The molecular weight excluding hydrogens is 558 g/mol. The van der Waals surface area contributed by atoms with Gasteiger partial charge in [0.15, 0.2) is 0 Å². The van der Waals surface area contributed by atoms with Crippen LogP contribution in [0.3, 0.4) is 0 Å². The van der Waals surface area contributed by atoms with Crippen molar-refractivity contribution in [2.75, 3.05) is 10.8 Å². The Morgan fingerprint density at radius 2 is 1.30 bits per heavy atom. The van der Waals surface area contributed by atoms with Crippen LogP contribution >= 0.6 is 0 Å². The Bertz CT molecular complexity index is 1630. The van der Waals surface area contributed by atoms with Crippen LogP contribution in [0.15, 0.2) is 114 Å². The summed E-state index contributed by atoms with van der Waals surface area (Å²) in [5, 5.41) is 2.97. The third-order valence-electron chi connectivity index (χ3n) is 7.29. The van der Waals surface area contributed by atoms with Crippen LogP contribution in [0.1, 0.15) is 36.1 Å². The van der Waals surface area contributed by atoms with E-state index in [-0.39, 0.29) is 29.8 Å². The largest absolute Gasteiger partial charge is 0.352 e.